The average molecular weight is 299 g/mol. The molecule has 0 radical (unpaired) electrons. The van der Waals surface area contributed by atoms with Crippen LogP contribution in [0.5, 0.6) is 5.75 Å². The summed E-state index contributed by atoms with van der Waals surface area (Å²) in [4.78, 5) is 5.59. The van der Waals surface area contributed by atoms with Crippen molar-refractivity contribution in [2.75, 3.05) is 7.11 Å². The van der Waals surface area contributed by atoms with Crippen LogP contribution in [0.2, 0.25) is 0 Å². The van der Waals surface area contributed by atoms with Gasteiger partial charge in [0.05, 0.1) is 23.5 Å². The van der Waals surface area contributed by atoms with Gasteiger partial charge in [-0.1, -0.05) is 12.1 Å². The number of aryl methyl sites for hydroxylation is 1. The van der Waals surface area contributed by atoms with E-state index < -0.39 is 0 Å². The van der Waals surface area contributed by atoms with Crippen LogP contribution in [0.25, 0.3) is 10.9 Å². The molecule has 0 bridgehead atoms. The Balaban J connectivity index is 2.07. The number of aromatic nitrogens is 1. The molecule has 21 heavy (non-hydrogen) atoms. The van der Waals surface area contributed by atoms with Crippen LogP contribution in [0, 0.1) is 6.92 Å². The third-order valence-corrected chi connectivity index (χ3v) is 4.45. The van der Waals surface area contributed by atoms with Gasteiger partial charge in [0.15, 0.2) is 0 Å². The van der Waals surface area contributed by atoms with Crippen molar-refractivity contribution >= 4 is 22.2 Å². The Kier molecular flexibility index (Phi) is 3.88. The number of pyridine rings is 1. The van der Waals surface area contributed by atoms with Crippen LogP contribution in [0.4, 0.5) is 0 Å². The van der Waals surface area contributed by atoms with E-state index in [2.05, 4.69) is 28.6 Å². The minimum absolute atomic E-state index is 0.0920. The normalized spacial score (nSPS) is 12.5. The zero-order valence-electron chi connectivity index (χ0n) is 12.0. The molecule has 0 saturated heterocycles. The molecule has 0 amide bonds. The highest BCUT2D eigenvalue weighted by molar-refractivity contribution is 7.10. The highest BCUT2D eigenvalue weighted by Gasteiger charge is 2.18. The highest BCUT2D eigenvalue weighted by Crippen LogP contribution is 2.35. The third-order valence-electron chi connectivity index (χ3n) is 3.49. The lowest BCUT2D eigenvalue weighted by Crippen LogP contribution is -2.28. The summed E-state index contributed by atoms with van der Waals surface area (Å²) in [5.41, 5.74) is 5.99. The number of fused-ring (bicyclic) bond motifs is 1. The molecule has 0 aliphatic heterocycles. The number of hydrogen-bond donors (Lipinski definition) is 2. The summed E-state index contributed by atoms with van der Waals surface area (Å²) in [6.07, 6.45) is 0. The van der Waals surface area contributed by atoms with E-state index in [0.717, 1.165) is 32.8 Å². The lowest BCUT2D eigenvalue weighted by atomic mass is 10.0. The van der Waals surface area contributed by atoms with E-state index in [1.807, 2.05) is 30.5 Å². The molecule has 2 aromatic heterocycles. The van der Waals surface area contributed by atoms with E-state index in [0.29, 0.717) is 0 Å². The number of nitrogens with two attached hydrogens (primary N) is 1. The summed E-state index contributed by atoms with van der Waals surface area (Å²) < 4.78 is 5.40. The fraction of sp³-hybridized carbons (Fsp3) is 0.188. The summed E-state index contributed by atoms with van der Waals surface area (Å²) in [5, 5.41) is 3.11. The van der Waals surface area contributed by atoms with E-state index in [1.54, 1.807) is 18.4 Å². The quantitative estimate of drug-likeness (QED) is 0.574. The molecule has 0 aliphatic rings. The van der Waals surface area contributed by atoms with Gasteiger partial charge in [0.25, 0.3) is 0 Å². The summed E-state index contributed by atoms with van der Waals surface area (Å²) in [6.45, 7) is 1.99. The van der Waals surface area contributed by atoms with Crippen molar-refractivity contribution in [3.05, 3.63) is 57.9 Å². The molecule has 108 valence electrons. The highest BCUT2D eigenvalue weighted by atomic mass is 32.1. The largest absolute Gasteiger partial charge is 0.496 e. The Morgan fingerprint density at radius 2 is 2.10 bits per heavy atom. The van der Waals surface area contributed by atoms with Gasteiger partial charge in [0.1, 0.15) is 5.75 Å². The van der Waals surface area contributed by atoms with Crippen LogP contribution in [0.15, 0.2) is 41.8 Å². The molecule has 0 aliphatic carbocycles. The van der Waals surface area contributed by atoms with Crippen LogP contribution in [-0.2, 0) is 0 Å². The van der Waals surface area contributed by atoms with Gasteiger partial charge in [0.2, 0.25) is 0 Å². The van der Waals surface area contributed by atoms with Gasteiger partial charge >= 0.3 is 0 Å². The molecule has 3 rings (SSSR count). The Hall–Kier alpha value is -1.95. The van der Waals surface area contributed by atoms with Gasteiger partial charge in [-0.15, -0.1) is 11.3 Å². The third kappa shape index (κ3) is 2.63. The SMILES string of the molecule is COc1ccsc1C(NN)c1ccc2nc(C)ccc2c1. The first kappa shape index (κ1) is 14.0. The van der Waals surface area contributed by atoms with Gasteiger partial charge in [-0.25, -0.2) is 5.43 Å². The molecule has 1 atom stereocenters. The number of benzene rings is 1. The van der Waals surface area contributed by atoms with Crippen LogP contribution in [0.3, 0.4) is 0 Å². The molecule has 0 spiro atoms. The average Bonchev–Trinajstić information content (AvgIpc) is 2.96. The number of thiophene rings is 1. The standard InChI is InChI=1S/C16H17N3OS/c1-10-3-4-11-9-12(5-6-13(11)18-10)15(19-17)16-14(20-2)7-8-21-16/h3-9,15,19H,17H2,1-2H3. The van der Waals surface area contributed by atoms with Crippen molar-refractivity contribution in [1.82, 2.24) is 10.4 Å². The van der Waals surface area contributed by atoms with Crippen LogP contribution >= 0.6 is 11.3 Å². The molecular weight excluding hydrogens is 282 g/mol. The number of hydrogen-bond acceptors (Lipinski definition) is 5. The van der Waals surface area contributed by atoms with Crippen LogP contribution in [-0.4, -0.2) is 12.1 Å². The zero-order valence-corrected chi connectivity index (χ0v) is 12.8. The van der Waals surface area contributed by atoms with Gasteiger partial charge in [0, 0.05) is 11.1 Å². The molecule has 0 saturated carbocycles. The first-order valence-corrected chi connectivity index (χ1v) is 7.55. The van der Waals surface area contributed by atoms with Crippen molar-refractivity contribution in [1.29, 1.82) is 0 Å². The van der Waals surface area contributed by atoms with E-state index >= 15 is 0 Å². The predicted octanol–water partition coefficient (Wildman–Crippen LogP) is 3.17. The number of hydrazine groups is 1. The molecule has 4 nitrogen and oxygen atoms in total. The van der Waals surface area contributed by atoms with E-state index in [1.165, 1.54) is 0 Å². The second-order valence-corrected chi connectivity index (χ2v) is 5.81. The molecule has 0 fully saturated rings. The topological polar surface area (TPSA) is 60.2 Å². The monoisotopic (exact) mass is 299 g/mol. The first-order valence-electron chi connectivity index (χ1n) is 6.67. The molecule has 1 aromatic carbocycles. The maximum absolute atomic E-state index is 5.77. The van der Waals surface area contributed by atoms with Crippen molar-refractivity contribution in [2.45, 2.75) is 13.0 Å². The zero-order chi connectivity index (χ0) is 14.8. The minimum Gasteiger partial charge on any atom is -0.496 e. The fourth-order valence-corrected chi connectivity index (χ4v) is 3.38. The molecule has 3 aromatic rings. The first-order chi connectivity index (χ1) is 10.2. The summed E-state index contributed by atoms with van der Waals surface area (Å²) in [5.74, 6) is 6.63. The molecular formula is C16H17N3OS. The molecule has 5 heteroatoms. The molecule has 2 heterocycles. The number of nitrogens with one attached hydrogen (secondary N) is 1. The Morgan fingerprint density at radius 1 is 1.24 bits per heavy atom. The molecule has 1 unspecified atom stereocenters. The minimum atomic E-state index is -0.0920. The van der Waals surface area contributed by atoms with Gasteiger partial charge in [-0.05, 0) is 42.1 Å². The fourth-order valence-electron chi connectivity index (χ4n) is 2.44. The van der Waals surface area contributed by atoms with E-state index in [9.17, 15) is 0 Å². The summed E-state index contributed by atoms with van der Waals surface area (Å²) >= 11 is 1.63. The second kappa shape index (κ2) is 5.81. The maximum Gasteiger partial charge on any atom is 0.134 e. The van der Waals surface area contributed by atoms with Crippen molar-refractivity contribution in [2.24, 2.45) is 5.84 Å². The van der Waals surface area contributed by atoms with E-state index in [-0.39, 0.29) is 6.04 Å². The summed E-state index contributed by atoms with van der Waals surface area (Å²) in [6, 6.07) is 12.2. The van der Waals surface area contributed by atoms with E-state index in [4.69, 9.17) is 10.6 Å². The number of methoxy groups -OCH3 is 1. The van der Waals surface area contributed by atoms with Crippen molar-refractivity contribution < 1.29 is 4.74 Å². The Morgan fingerprint density at radius 3 is 2.86 bits per heavy atom. The number of ether oxygens (including phenoxy) is 1. The number of nitrogens with zero attached hydrogens (tertiary/aromatic N) is 1. The maximum atomic E-state index is 5.77. The Bertz CT molecular complexity index is 769. The molecule has 3 N–H and O–H groups in total. The van der Waals surface area contributed by atoms with Gasteiger partial charge in [-0.3, -0.25) is 10.8 Å². The van der Waals surface area contributed by atoms with Crippen LogP contribution < -0.4 is 16.0 Å². The lowest BCUT2D eigenvalue weighted by molar-refractivity contribution is 0.408. The second-order valence-electron chi connectivity index (χ2n) is 4.86. The van der Waals surface area contributed by atoms with Gasteiger partial charge < -0.3 is 4.74 Å². The lowest BCUT2D eigenvalue weighted by Gasteiger charge is -2.17. The Labute approximate surface area is 127 Å². The van der Waals surface area contributed by atoms with Crippen molar-refractivity contribution in [3.8, 4) is 5.75 Å². The van der Waals surface area contributed by atoms with Gasteiger partial charge in [-0.2, -0.15) is 0 Å². The van der Waals surface area contributed by atoms with Crippen LogP contribution in [0.1, 0.15) is 22.2 Å². The predicted molar refractivity (Wildman–Crippen MR) is 86.5 cm³/mol. The smallest absolute Gasteiger partial charge is 0.134 e. The number of rotatable bonds is 4. The summed E-state index contributed by atoms with van der Waals surface area (Å²) in [7, 11) is 1.67. The van der Waals surface area contributed by atoms with Crippen molar-refractivity contribution in [3.63, 3.8) is 0 Å².